The number of rotatable bonds is 3. The quantitative estimate of drug-likeness (QED) is 0.812. The molecule has 6 heteroatoms. The molecular weight excluding hydrogens is 264 g/mol. The van der Waals surface area contributed by atoms with Crippen molar-refractivity contribution in [2.45, 2.75) is 37.7 Å². The first-order chi connectivity index (χ1) is 8.69. The maximum Gasteiger partial charge on any atom is 0.243 e. The molecular formula is C13H20N2O3S. The zero-order valence-corrected chi connectivity index (χ0v) is 12.3. The van der Waals surface area contributed by atoms with Crippen LogP contribution in [0.4, 0.5) is 5.69 Å². The van der Waals surface area contributed by atoms with Crippen LogP contribution in [0.25, 0.3) is 0 Å². The second kappa shape index (κ2) is 4.47. The van der Waals surface area contributed by atoms with Gasteiger partial charge in [-0.1, -0.05) is 6.92 Å². The zero-order valence-electron chi connectivity index (χ0n) is 11.5. The minimum atomic E-state index is -3.55. The number of aryl methyl sites for hydroxylation is 1. The number of nitrogen functional groups attached to an aromatic ring is 1. The molecule has 1 aliphatic heterocycles. The van der Waals surface area contributed by atoms with Gasteiger partial charge in [0.1, 0.15) is 0 Å². The molecule has 1 aromatic rings. The van der Waals surface area contributed by atoms with Crippen LogP contribution in [-0.4, -0.2) is 36.5 Å². The monoisotopic (exact) mass is 284 g/mol. The molecule has 1 saturated heterocycles. The summed E-state index contributed by atoms with van der Waals surface area (Å²) in [5, 5.41) is 9.92. The molecule has 3 N–H and O–H groups in total. The summed E-state index contributed by atoms with van der Waals surface area (Å²) in [5.74, 6) is 0. The highest BCUT2D eigenvalue weighted by Crippen LogP contribution is 2.31. The lowest BCUT2D eigenvalue weighted by atomic mass is 9.94. The highest BCUT2D eigenvalue weighted by atomic mass is 32.2. The third-order valence-electron chi connectivity index (χ3n) is 3.92. The van der Waals surface area contributed by atoms with E-state index in [0.29, 0.717) is 12.1 Å². The topological polar surface area (TPSA) is 83.6 Å². The van der Waals surface area contributed by atoms with E-state index in [9.17, 15) is 13.5 Å². The molecule has 19 heavy (non-hydrogen) atoms. The van der Waals surface area contributed by atoms with Crippen LogP contribution in [0.15, 0.2) is 17.0 Å². The van der Waals surface area contributed by atoms with Crippen LogP contribution in [0.1, 0.15) is 24.5 Å². The average Bonchev–Trinajstić information content (AvgIpc) is 2.31. The van der Waals surface area contributed by atoms with Crippen molar-refractivity contribution in [1.82, 2.24) is 4.31 Å². The van der Waals surface area contributed by atoms with Crippen LogP contribution in [0, 0.1) is 13.8 Å². The van der Waals surface area contributed by atoms with Gasteiger partial charge in [0.05, 0.1) is 10.5 Å². The maximum atomic E-state index is 12.4. The van der Waals surface area contributed by atoms with Gasteiger partial charge in [0, 0.05) is 18.8 Å². The average molecular weight is 284 g/mol. The molecule has 1 fully saturated rings. The molecule has 0 unspecified atom stereocenters. The molecule has 0 atom stereocenters. The van der Waals surface area contributed by atoms with Gasteiger partial charge >= 0.3 is 0 Å². The lowest BCUT2D eigenvalue weighted by Gasteiger charge is -2.44. The third kappa shape index (κ3) is 2.35. The fourth-order valence-electron chi connectivity index (χ4n) is 2.15. The number of aliphatic hydroxyl groups is 1. The molecule has 0 aliphatic carbocycles. The molecule has 0 spiro atoms. The van der Waals surface area contributed by atoms with Gasteiger partial charge in [-0.2, -0.15) is 4.31 Å². The van der Waals surface area contributed by atoms with Crippen LogP contribution in [0.3, 0.4) is 0 Å². The summed E-state index contributed by atoms with van der Waals surface area (Å²) in [6.45, 7) is 5.85. The van der Waals surface area contributed by atoms with Gasteiger partial charge in [-0.25, -0.2) is 8.42 Å². The summed E-state index contributed by atoms with van der Waals surface area (Å²) in [6.07, 6.45) is 0.550. The van der Waals surface area contributed by atoms with Crippen LogP contribution in [0.5, 0.6) is 0 Å². The maximum absolute atomic E-state index is 12.4. The van der Waals surface area contributed by atoms with Crippen molar-refractivity contribution in [3.63, 3.8) is 0 Å². The van der Waals surface area contributed by atoms with E-state index in [1.165, 1.54) is 10.4 Å². The number of anilines is 1. The van der Waals surface area contributed by atoms with Crippen LogP contribution >= 0.6 is 0 Å². The van der Waals surface area contributed by atoms with Gasteiger partial charge in [-0.15, -0.1) is 0 Å². The zero-order chi connectivity index (χ0) is 14.4. The van der Waals surface area contributed by atoms with E-state index in [-0.39, 0.29) is 18.0 Å². The first-order valence-corrected chi connectivity index (χ1v) is 7.73. The lowest BCUT2D eigenvalue weighted by molar-refractivity contribution is -0.0613. The number of β-amino-alcohol motifs (C(OH)–C–C–N with tert-alkyl or cyclic N) is 1. The predicted octanol–water partition coefficient (Wildman–Crippen LogP) is 1.03. The fraction of sp³-hybridized carbons (Fsp3) is 0.538. The Hall–Kier alpha value is -1.11. The second-order valence-corrected chi connectivity index (χ2v) is 7.24. The smallest absolute Gasteiger partial charge is 0.243 e. The summed E-state index contributed by atoms with van der Waals surface area (Å²) in [7, 11) is -3.55. The molecule has 0 aromatic heterocycles. The Balaban J connectivity index is 2.32. The standard InChI is InChI=1S/C13H20N2O3S/c1-4-13(16)7-15(8-13)19(17,18)11-5-9(2)10(3)12(14)6-11/h5-6,16H,4,7-8,14H2,1-3H3. The van der Waals surface area contributed by atoms with Gasteiger partial charge in [0.25, 0.3) is 0 Å². The van der Waals surface area contributed by atoms with E-state index in [1.54, 1.807) is 6.07 Å². The third-order valence-corrected chi connectivity index (χ3v) is 5.69. The predicted molar refractivity (Wildman–Crippen MR) is 74.3 cm³/mol. The molecule has 106 valence electrons. The van der Waals surface area contributed by atoms with E-state index in [0.717, 1.165) is 11.1 Å². The van der Waals surface area contributed by atoms with Gasteiger partial charge < -0.3 is 10.8 Å². The van der Waals surface area contributed by atoms with E-state index >= 15 is 0 Å². The minimum absolute atomic E-state index is 0.151. The van der Waals surface area contributed by atoms with Crippen molar-refractivity contribution in [2.75, 3.05) is 18.8 Å². The van der Waals surface area contributed by atoms with Crippen molar-refractivity contribution in [3.8, 4) is 0 Å². The Kier molecular flexibility index (Phi) is 3.36. The largest absolute Gasteiger partial charge is 0.398 e. The van der Waals surface area contributed by atoms with Crippen LogP contribution in [0.2, 0.25) is 0 Å². The van der Waals surface area contributed by atoms with Crippen LogP contribution in [-0.2, 0) is 10.0 Å². The molecule has 1 heterocycles. The minimum Gasteiger partial charge on any atom is -0.398 e. The number of benzene rings is 1. The number of hydrogen-bond acceptors (Lipinski definition) is 4. The Labute approximate surface area is 114 Å². The number of sulfonamides is 1. The first kappa shape index (κ1) is 14.3. The summed E-state index contributed by atoms with van der Waals surface area (Å²) in [6, 6.07) is 3.12. The van der Waals surface area contributed by atoms with Crippen molar-refractivity contribution in [1.29, 1.82) is 0 Å². The van der Waals surface area contributed by atoms with E-state index in [1.807, 2.05) is 20.8 Å². The highest BCUT2D eigenvalue weighted by Gasteiger charge is 2.46. The van der Waals surface area contributed by atoms with Crippen molar-refractivity contribution >= 4 is 15.7 Å². The summed E-state index contributed by atoms with van der Waals surface area (Å²) in [4.78, 5) is 0.200. The SMILES string of the molecule is CCC1(O)CN(S(=O)(=O)c2cc(C)c(C)c(N)c2)C1. The Morgan fingerprint density at radius 3 is 2.42 bits per heavy atom. The summed E-state index contributed by atoms with van der Waals surface area (Å²) in [5.41, 5.74) is 7.17. The van der Waals surface area contributed by atoms with Gasteiger partial charge in [0.2, 0.25) is 10.0 Å². The van der Waals surface area contributed by atoms with Gasteiger partial charge in [-0.05, 0) is 43.5 Å². The van der Waals surface area contributed by atoms with Crippen molar-refractivity contribution < 1.29 is 13.5 Å². The van der Waals surface area contributed by atoms with Gasteiger partial charge in [-0.3, -0.25) is 0 Å². The van der Waals surface area contributed by atoms with Crippen molar-refractivity contribution in [2.24, 2.45) is 0 Å². The first-order valence-electron chi connectivity index (χ1n) is 6.29. The van der Waals surface area contributed by atoms with E-state index in [4.69, 9.17) is 5.73 Å². The second-order valence-electron chi connectivity index (χ2n) is 5.31. The van der Waals surface area contributed by atoms with E-state index < -0.39 is 15.6 Å². The normalized spacial score (nSPS) is 19.2. The molecule has 1 aromatic carbocycles. The van der Waals surface area contributed by atoms with E-state index in [2.05, 4.69) is 0 Å². The number of nitrogens with zero attached hydrogens (tertiary/aromatic N) is 1. The molecule has 0 amide bonds. The molecule has 2 rings (SSSR count). The van der Waals surface area contributed by atoms with Crippen LogP contribution < -0.4 is 5.73 Å². The number of hydrogen-bond donors (Lipinski definition) is 2. The fourth-order valence-corrected chi connectivity index (χ4v) is 3.87. The lowest BCUT2D eigenvalue weighted by Crippen LogP contribution is -2.62. The summed E-state index contributed by atoms with van der Waals surface area (Å²) >= 11 is 0. The highest BCUT2D eigenvalue weighted by molar-refractivity contribution is 7.89. The Bertz CT molecular complexity index is 581. The van der Waals surface area contributed by atoms with Gasteiger partial charge in [0.15, 0.2) is 0 Å². The Morgan fingerprint density at radius 2 is 1.95 bits per heavy atom. The molecule has 0 saturated carbocycles. The number of nitrogens with two attached hydrogens (primary N) is 1. The molecule has 1 aliphatic rings. The Morgan fingerprint density at radius 1 is 1.37 bits per heavy atom. The summed E-state index contributed by atoms with van der Waals surface area (Å²) < 4.78 is 26.1. The molecule has 5 nitrogen and oxygen atoms in total. The van der Waals surface area contributed by atoms with Crippen molar-refractivity contribution in [3.05, 3.63) is 23.3 Å². The molecule has 0 bridgehead atoms. The molecule has 0 radical (unpaired) electrons.